The van der Waals surface area contributed by atoms with E-state index in [2.05, 4.69) is 27.0 Å². The maximum absolute atomic E-state index is 14.4. The maximum atomic E-state index is 14.4. The number of pyridine rings is 2. The van der Waals surface area contributed by atoms with Crippen LogP contribution in [0.2, 0.25) is 0 Å². The molecule has 1 aliphatic heterocycles. The second-order valence-corrected chi connectivity index (χ2v) is 16.5. The van der Waals surface area contributed by atoms with Crippen molar-refractivity contribution in [2.24, 2.45) is 0 Å². The number of piperazine rings is 1. The fourth-order valence-electron chi connectivity index (χ4n) is 6.73. The molecule has 1 atom stereocenters. The van der Waals surface area contributed by atoms with Crippen molar-refractivity contribution in [3.05, 3.63) is 139 Å². The molecule has 1 aliphatic rings. The van der Waals surface area contributed by atoms with Crippen LogP contribution >= 0.6 is 0 Å². The number of carbonyl (C=O) groups is 1. The van der Waals surface area contributed by atoms with Gasteiger partial charge in [-0.3, -0.25) is 19.7 Å². The third kappa shape index (κ3) is 7.93. The predicted molar refractivity (Wildman–Crippen MR) is 203 cm³/mol. The number of hydrogen-bond donors (Lipinski definition) is 0. The molecule has 0 spiro atoms. The largest absolute Gasteiger partial charge is 0.379 e. The summed E-state index contributed by atoms with van der Waals surface area (Å²) < 4.78 is 62.0. The van der Waals surface area contributed by atoms with Gasteiger partial charge in [0.1, 0.15) is 16.7 Å². The van der Waals surface area contributed by atoms with Crippen molar-refractivity contribution >= 4 is 47.6 Å². The number of benzene rings is 4. The van der Waals surface area contributed by atoms with E-state index in [1.165, 1.54) is 37.0 Å². The van der Waals surface area contributed by atoms with E-state index in [4.69, 9.17) is 4.18 Å². The number of fused-ring (bicyclic) bond motifs is 2. The summed E-state index contributed by atoms with van der Waals surface area (Å²) in [6, 6.07) is 28.7. The van der Waals surface area contributed by atoms with Crippen LogP contribution in [0.15, 0.2) is 138 Å². The fourth-order valence-corrected chi connectivity index (χ4v) is 9.41. The summed E-state index contributed by atoms with van der Waals surface area (Å²) in [7, 11) is -6.91. The highest BCUT2D eigenvalue weighted by atomic mass is 32.2. The number of nitrogens with zero attached hydrogens (tertiary/aromatic N) is 5. The zero-order chi connectivity index (χ0) is 37.0. The van der Waals surface area contributed by atoms with Gasteiger partial charge in [0, 0.05) is 86.1 Å². The Morgan fingerprint density at radius 3 is 1.96 bits per heavy atom. The number of aromatic nitrogens is 2. The molecule has 11 nitrogen and oxygen atoms in total. The fraction of sp³-hybridized carbons (Fsp3) is 0.225. The van der Waals surface area contributed by atoms with Gasteiger partial charge in [0.2, 0.25) is 15.9 Å². The van der Waals surface area contributed by atoms with Gasteiger partial charge in [-0.05, 0) is 60.4 Å². The summed E-state index contributed by atoms with van der Waals surface area (Å²) in [6.45, 7) is 3.14. The quantitative estimate of drug-likeness (QED) is 0.156. The van der Waals surface area contributed by atoms with Crippen LogP contribution in [0.25, 0.3) is 21.5 Å². The smallest absolute Gasteiger partial charge is 0.339 e. The molecule has 4 aromatic carbocycles. The van der Waals surface area contributed by atoms with Crippen molar-refractivity contribution in [2.45, 2.75) is 28.7 Å². The van der Waals surface area contributed by atoms with Gasteiger partial charge in [0.25, 0.3) is 0 Å². The lowest BCUT2D eigenvalue weighted by Gasteiger charge is -2.38. The Hall–Kier alpha value is -5.21. The number of sulfonamides is 1. The van der Waals surface area contributed by atoms with Crippen LogP contribution < -0.4 is 4.18 Å². The van der Waals surface area contributed by atoms with Crippen LogP contribution in [0.1, 0.15) is 11.1 Å². The van der Waals surface area contributed by atoms with Crippen LogP contribution in [0, 0.1) is 0 Å². The first-order valence-corrected chi connectivity index (χ1v) is 20.2. The molecule has 1 fully saturated rings. The molecule has 2 aromatic heterocycles. The van der Waals surface area contributed by atoms with Crippen LogP contribution in [0.5, 0.6) is 5.75 Å². The molecule has 1 saturated heterocycles. The maximum Gasteiger partial charge on any atom is 0.339 e. The van der Waals surface area contributed by atoms with E-state index in [-0.39, 0.29) is 27.9 Å². The van der Waals surface area contributed by atoms with Crippen molar-refractivity contribution in [2.75, 3.05) is 39.8 Å². The Balaban J connectivity index is 1.12. The average Bonchev–Trinajstić information content (AvgIpc) is 3.19. The number of carbonyl (C=O) groups excluding carboxylic acids is 1. The van der Waals surface area contributed by atoms with Crippen molar-refractivity contribution < 1.29 is 25.8 Å². The van der Waals surface area contributed by atoms with Gasteiger partial charge in [0.15, 0.2) is 0 Å². The molecule has 0 radical (unpaired) electrons. The lowest BCUT2D eigenvalue weighted by molar-refractivity contribution is -0.136. The minimum atomic E-state index is -4.19. The molecule has 0 bridgehead atoms. The standard InChI is InChI=1S/C40H39N5O6S2/c1-43(52(47,48)38-11-5-9-32-28-41-20-17-35(32)38)37(40(46)45-25-23-44(24-26-45)22-19-30-7-3-2-4-8-30)27-31-13-15-34(16-14-31)51-53(49,50)39-12-6-10-33-29-42-21-18-36(33)39/h2-18,20-21,28-29,37H,19,22-27H2,1H3/t37-/m0/s1. The Bertz CT molecular complexity index is 2450. The summed E-state index contributed by atoms with van der Waals surface area (Å²) in [6.07, 6.45) is 7.21. The molecule has 0 N–H and O–H groups in total. The topological polar surface area (TPSA) is 130 Å². The molecule has 7 rings (SSSR count). The summed E-state index contributed by atoms with van der Waals surface area (Å²) in [4.78, 5) is 26.7. The van der Waals surface area contributed by atoms with Gasteiger partial charge in [-0.2, -0.15) is 12.7 Å². The molecular formula is C40H39N5O6S2. The Morgan fingerprint density at radius 2 is 1.32 bits per heavy atom. The molecular weight excluding hydrogens is 711 g/mol. The third-order valence-corrected chi connectivity index (χ3v) is 13.0. The summed E-state index contributed by atoms with van der Waals surface area (Å²) in [5.41, 5.74) is 1.89. The summed E-state index contributed by atoms with van der Waals surface area (Å²) >= 11 is 0. The van der Waals surface area contributed by atoms with Crippen molar-refractivity contribution in [1.82, 2.24) is 24.1 Å². The lowest BCUT2D eigenvalue weighted by atomic mass is 10.0. The number of amides is 1. The molecule has 272 valence electrons. The number of likely N-dealkylation sites (N-methyl/N-ethyl adjacent to an activating group) is 1. The molecule has 0 unspecified atom stereocenters. The minimum Gasteiger partial charge on any atom is -0.379 e. The molecule has 3 heterocycles. The first-order chi connectivity index (χ1) is 25.6. The second kappa shape index (κ2) is 15.4. The first-order valence-electron chi connectivity index (χ1n) is 17.3. The van der Waals surface area contributed by atoms with Gasteiger partial charge in [0.05, 0.1) is 4.90 Å². The highest BCUT2D eigenvalue weighted by molar-refractivity contribution is 7.89. The highest BCUT2D eigenvalue weighted by Crippen LogP contribution is 2.29. The van der Waals surface area contributed by atoms with Crippen LogP contribution in [0.3, 0.4) is 0 Å². The predicted octanol–water partition coefficient (Wildman–Crippen LogP) is 5.17. The number of hydrogen-bond acceptors (Lipinski definition) is 9. The molecule has 0 saturated carbocycles. The summed E-state index contributed by atoms with van der Waals surface area (Å²) in [5, 5.41) is 2.33. The molecule has 1 amide bonds. The van der Waals surface area contributed by atoms with Crippen LogP contribution in [-0.4, -0.2) is 92.6 Å². The second-order valence-electron chi connectivity index (χ2n) is 13.0. The van der Waals surface area contributed by atoms with E-state index in [0.29, 0.717) is 53.3 Å². The van der Waals surface area contributed by atoms with Gasteiger partial charge in [-0.25, -0.2) is 8.42 Å². The van der Waals surface area contributed by atoms with Gasteiger partial charge < -0.3 is 9.08 Å². The van der Waals surface area contributed by atoms with E-state index in [1.54, 1.807) is 78.1 Å². The van der Waals surface area contributed by atoms with E-state index >= 15 is 0 Å². The monoisotopic (exact) mass is 749 g/mol. The minimum absolute atomic E-state index is 0.0170. The Morgan fingerprint density at radius 1 is 0.717 bits per heavy atom. The SMILES string of the molecule is CN([C@@H](Cc1ccc(OS(=O)(=O)c2cccc3cnccc23)cc1)C(=O)N1CCN(CCc2ccccc2)CC1)S(=O)(=O)c1cccc2cnccc12. The van der Waals surface area contributed by atoms with Crippen molar-refractivity contribution in [1.29, 1.82) is 0 Å². The normalized spacial score (nSPS) is 14.8. The first kappa shape index (κ1) is 36.2. The molecule has 13 heteroatoms. The van der Waals surface area contributed by atoms with Crippen LogP contribution in [-0.2, 0) is 37.8 Å². The van der Waals surface area contributed by atoms with E-state index in [1.807, 2.05) is 18.2 Å². The van der Waals surface area contributed by atoms with E-state index in [9.17, 15) is 21.6 Å². The third-order valence-electron chi connectivity index (χ3n) is 9.73. The zero-order valence-corrected chi connectivity index (χ0v) is 30.8. The van der Waals surface area contributed by atoms with Gasteiger partial charge in [-0.1, -0.05) is 66.7 Å². The van der Waals surface area contributed by atoms with Crippen LogP contribution in [0.4, 0.5) is 0 Å². The zero-order valence-electron chi connectivity index (χ0n) is 29.2. The van der Waals surface area contributed by atoms with Gasteiger partial charge >= 0.3 is 10.1 Å². The van der Waals surface area contributed by atoms with Crippen molar-refractivity contribution in [3.8, 4) is 5.75 Å². The Kier molecular flexibility index (Phi) is 10.5. The Labute approximate surface area is 309 Å². The highest BCUT2D eigenvalue weighted by Gasteiger charge is 2.37. The molecule has 0 aliphatic carbocycles. The van der Waals surface area contributed by atoms with Gasteiger partial charge in [-0.15, -0.1) is 0 Å². The molecule has 53 heavy (non-hydrogen) atoms. The summed E-state index contributed by atoms with van der Waals surface area (Å²) in [5.74, 6) is -0.214. The molecule has 6 aromatic rings. The average molecular weight is 750 g/mol. The van der Waals surface area contributed by atoms with E-state index in [0.717, 1.165) is 17.3 Å². The lowest BCUT2D eigenvalue weighted by Crippen LogP contribution is -2.56. The van der Waals surface area contributed by atoms with E-state index < -0.39 is 26.2 Å². The van der Waals surface area contributed by atoms with Crippen molar-refractivity contribution in [3.63, 3.8) is 0 Å². The number of rotatable bonds is 12.